The van der Waals surface area contributed by atoms with Crippen molar-refractivity contribution in [1.82, 2.24) is 5.32 Å². The van der Waals surface area contributed by atoms with Gasteiger partial charge in [0.15, 0.2) is 17.5 Å². The minimum Gasteiger partial charge on any atom is -0.310 e. The molecule has 0 aliphatic rings. The lowest BCUT2D eigenvalue weighted by Gasteiger charge is -2.23. The third-order valence-corrected chi connectivity index (χ3v) is 3.50. The molecule has 0 amide bonds. The molecule has 0 radical (unpaired) electrons. The number of nitrogens with one attached hydrogen (secondary N) is 1. The standard InChI is InChI=1S/C16H24F3N/c1-4-6-11(3)10-14(20-9-5-2)12-7-8-13(17)16(19)15(12)18/h7-8,11,14,20H,4-6,9-10H2,1-3H3. The Morgan fingerprint density at radius 1 is 1.05 bits per heavy atom. The van der Waals surface area contributed by atoms with Crippen LogP contribution in [0.5, 0.6) is 0 Å². The molecule has 2 unspecified atom stereocenters. The first kappa shape index (κ1) is 17.0. The fraction of sp³-hybridized carbons (Fsp3) is 0.625. The van der Waals surface area contributed by atoms with Gasteiger partial charge in [-0.05, 0) is 31.4 Å². The van der Waals surface area contributed by atoms with Crippen molar-refractivity contribution >= 4 is 0 Å². The van der Waals surface area contributed by atoms with Crippen LogP contribution in [0.15, 0.2) is 12.1 Å². The van der Waals surface area contributed by atoms with E-state index in [2.05, 4.69) is 19.2 Å². The predicted molar refractivity (Wildman–Crippen MR) is 76.0 cm³/mol. The van der Waals surface area contributed by atoms with Gasteiger partial charge < -0.3 is 5.32 Å². The number of halogens is 3. The Kier molecular flexibility index (Phi) is 7.06. The minimum absolute atomic E-state index is 0.223. The number of hydrogen-bond acceptors (Lipinski definition) is 1. The maximum Gasteiger partial charge on any atom is 0.194 e. The second-order valence-corrected chi connectivity index (χ2v) is 5.40. The lowest BCUT2D eigenvalue weighted by Crippen LogP contribution is -2.25. The van der Waals surface area contributed by atoms with E-state index in [4.69, 9.17) is 0 Å². The molecule has 2 atom stereocenters. The molecule has 0 aliphatic carbocycles. The van der Waals surface area contributed by atoms with Gasteiger partial charge in [-0.25, -0.2) is 13.2 Å². The van der Waals surface area contributed by atoms with E-state index in [1.165, 1.54) is 6.07 Å². The summed E-state index contributed by atoms with van der Waals surface area (Å²) in [4.78, 5) is 0. The summed E-state index contributed by atoms with van der Waals surface area (Å²) >= 11 is 0. The van der Waals surface area contributed by atoms with Crippen molar-refractivity contribution in [2.45, 2.75) is 52.5 Å². The molecule has 0 heterocycles. The molecular weight excluding hydrogens is 263 g/mol. The molecule has 0 aliphatic heterocycles. The van der Waals surface area contributed by atoms with Crippen LogP contribution in [0.2, 0.25) is 0 Å². The van der Waals surface area contributed by atoms with E-state index in [-0.39, 0.29) is 11.6 Å². The van der Waals surface area contributed by atoms with Gasteiger partial charge in [0.05, 0.1) is 0 Å². The Morgan fingerprint density at radius 3 is 2.35 bits per heavy atom. The second kappa shape index (κ2) is 8.30. The van der Waals surface area contributed by atoms with Crippen LogP contribution < -0.4 is 5.32 Å². The molecule has 1 aromatic carbocycles. The summed E-state index contributed by atoms with van der Waals surface area (Å²) in [6.07, 6.45) is 3.72. The third-order valence-electron chi connectivity index (χ3n) is 3.50. The molecule has 0 spiro atoms. The first-order chi connectivity index (χ1) is 9.51. The molecule has 0 saturated heterocycles. The highest BCUT2D eigenvalue weighted by Gasteiger charge is 2.21. The normalized spacial score (nSPS) is 14.3. The van der Waals surface area contributed by atoms with Gasteiger partial charge in [0.25, 0.3) is 0 Å². The zero-order valence-electron chi connectivity index (χ0n) is 12.5. The molecule has 20 heavy (non-hydrogen) atoms. The van der Waals surface area contributed by atoms with E-state index in [0.29, 0.717) is 5.92 Å². The summed E-state index contributed by atoms with van der Waals surface area (Å²) in [6, 6.07) is 2.07. The van der Waals surface area contributed by atoms with Crippen LogP contribution in [0.1, 0.15) is 58.1 Å². The van der Waals surface area contributed by atoms with Crippen LogP contribution in [-0.4, -0.2) is 6.54 Å². The molecule has 1 nitrogen and oxygen atoms in total. The monoisotopic (exact) mass is 287 g/mol. The number of rotatable bonds is 8. The van der Waals surface area contributed by atoms with Crippen molar-refractivity contribution in [1.29, 1.82) is 0 Å². The fourth-order valence-corrected chi connectivity index (χ4v) is 2.46. The van der Waals surface area contributed by atoms with Crippen LogP contribution in [0.4, 0.5) is 13.2 Å². The summed E-state index contributed by atoms with van der Waals surface area (Å²) in [5.41, 5.74) is 0.223. The molecule has 0 aromatic heterocycles. The van der Waals surface area contributed by atoms with E-state index in [1.807, 2.05) is 6.92 Å². The quantitative estimate of drug-likeness (QED) is 0.666. The van der Waals surface area contributed by atoms with Gasteiger partial charge in [0, 0.05) is 11.6 Å². The van der Waals surface area contributed by atoms with Crippen LogP contribution >= 0.6 is 0 Å². The summed E-state index contributed by atoms with van der Waals surface area (Å²) in [5, 5.41) is 3.23. The van der Waals surface area contributed by atoms with Gasteiger partial charge in [0.1, 0.15) is 0 Å². The summed E-state index contributed by atoms with van der Waals surface area (Å²) in [6.45, 7) is 6.94. The Labute approximate surface area is 119 Å². The van der Waals surface area contributed by atoms with Crippen molar-refractivity contribution < 1.29 is 13.2 Å². The van der Waals surface area contributed by atoms with E-state index in [1.54, 1.807) is 0 Å². The molecule has 1 N–H and O–H groups in total. The third kappa shape index (κ3) is 4.51. The lowest BCUT2D eigenvalue weighted by atomic mass is 9.92. The number of hydrogen-bond donors (Lipinski definition) is 1. The van der Waals surface area contributed by atoms with Gasteiger partial charge in [-0.15, -0.1) is 0 Å². The largest absolute Gasteiger partial charge is 0.310 e. The molecular formula is C16H24F3N. The highest BCUT2D eigenvalue weighted by atomic mass is 19.2. The predicted octanol–water partition coefficient (Wildman–Crippen LogP) is 4.97. The molecule has 0 saturated carbocycles. The molecule has 114 valence electrons. The Balaban J connectivity index is 2.95. The minimum atomic E-state index is -1.38. The highest BCUT2D eigenvalue weighted by Crippen LogP contribution is 2.28. The zero-order valence-corrected chi connectivity index (χ0v) is 12.5. The number of benzene rings is 1. The average Bonchev–Trinajstić information content (AvgIpc) is 2.41. The van der Waals surface area contributed by atoms with Gasteiger partial charge >= 0.3 is 0 Å². The van der Waals surface area contributed by atoms with Gasteiger partial charge in [-0.2, -0.15) is 0 Å². The summed E-state index contributed by atoms with van der Waals surface area (Å²) in [7, 11) is 0. The molecule has 0 fully saturated rings. The van der Waals surface area contributed by atoms with Gasteiger partial charge in [-0.1, -0.05) is 39.7 Å². The first-order valence-electron chi connectivity index (χ1n) is 7.37. The van der Waals surface area contributed by atoms with E-state index in [9.17, 15) is 13.2 Å². The maximum absolute atomic E-state index is 13.9. The fourth-order valence-electron chi connectivity index (χ4n) is 2.46. The molecule has 1 rings (SSSR count). The second-order valence-electron chi connectivity index (χ2n) is 5.40. The molecule has 0 bridgehead atoms. The van der Waals surface area contributed by atoms with E-state index < -0.39 is 17.5 Å². The van der Waals surface area contributed by atoms with Crippen LogP contribution in [0.3, 0.4) is 0 Å². The van der Waals surface area contributed by atoms with E-state index in [0.717, 1.165) is 38.3 Å². The molecule has 1 aromatic rings. The summed E-state index contributed by atoms with van der Waals surface area (Å²) < 4.78 is 40.3. The van der Waals surface area contributed by atoms with Gasteiger partial charge in [-0.3, -0.25) is 0 Å². The zero-order chi connectivity index (χ0) is 15.1. The average molecular weight is 287 g/mol. The van der Waals surface area contributed by atoms with E-state index >= 15 is 0 Å². The van der Waals surface area contributed by atoms with Crippen LogP contribution in [0, 0.1) is 23.4 Å². The maximum atomic E-state index is 13.9. The smallest absolute Gasteiger partial charge is 0.194 e. The highest BCUT2D eigenvalue weighted by molar-refractivity contribution is 5.23. The Hall–Kier alpha value is -1.03. The first-order valence-corrected chi connectivity index (χ1v) is 7.37. The topological polar surface area (TPSA) is 12.0 Å². The SMILES string of the molecule is CCCNC(CC(C)CCC)c1ccc(F)c(F)c1F. The summed E-state index contributed by atoms with van der Waals surface area (Å²) in [5.74, 6) is -3.18. The van der Waals surface area contributed by atoms with Crippen LogP contribution in [0.25, 0.3) is 0 Å². The Bertz CT molecular complexity index is 420. The van der Waals surface area contributed by atoms with Crippen molar-refractivity contribution in [2.24, 2.45) is 5.92 Å². The van der Waals surface area contributed by atoms with Crippen molar-refractivity contribution in [2.75, 3.05) is 6.54 Å². The lowest BCUT2D eigenvalue weighted by molar-refractivity contribution is 0.369. The molecule has 4 heteroatoms. The van der Waals surface area contributed by atoms with Crippen molar-refractivity contribution in [3.05, 3.63) is 35.1 Å². The van der Waals surface area contributed by atoms with Crippen molar-refractivity contribution in [3.63, 3.8) is 0 Å². The Morgan fingerprint density at radius 2 is 1.75 bits per heavy atom. The van der Waals surface area contributed by atoms with Gasteiger partial charge in [0.2, 0.25) is 0 Å². The van der Waals surface area contributed by atoms with Crippen molar-refractivity contribution in [3.8, 4) is 0 Å². The van der Waals surface area contributed by atoms with Crippen LogP contribution in [-0.2, 0) is 0 Å².